The predicted octanol–water partition coefficient (Wildman–Crippen LogP) is 1.41. The van der Waals surface area contributed by atoms with E-state index in [1.165, 1.54) is 0 Å². The van der Waals surface area contributed by atoms with E-state index in [-0.39, 0.29) is 17.9 Å². The molecule has 0 bridgehead atoms. The number of nitrogens with two attached hydrogens (primary N) is 1. The van der Waals surface area contributed by atoms with E-state index in [9.17, 15) is 4.79 Å². The molecule has 112 valence electrons. The Morgan fingerprint density at radius 1 is 1.11 bits per heavy atom. The van der Waals surface area contributed by atoms with E-state index in [1.807, 2.05) is 11.9 Å². The van der Waals surface area contributed by atoms with Gasteiger partial charge in [-0.2, -0.15) is 0 Å². The standard InChI is InChI=1S/C15H31N3O/c1-11-9-12(2)14(16)10-13(11)15(19)18(5)8-6-7-17(3)4/h11-14H,6-10,16H2,1-5H3. The molecule has 4 atom stereocenters. The van der Waals surface area contributed by atoms with E-state index in [0.717, 1.165) is 32.4 Å². The highest BCUT2D eigenvalue weighted by Gasteiger charge is 2.36. The van der Waals surface area contributed by atoms with Crippen LogP contribution < -0.4 is 5.73 Å². The van der Waals surface area contributed by atoms with Crippen molar-refractivity contribution in [2.45, 2.75) is 39.2 Å². The molecule has 1 aliphatic carbocycles. The lowest BCUT2D eigenvalue weighted by atomic mass is 9.72. The van der Waals surface area contributed by atoms with Gasteiger partial charge in [0.1, 0.15) is 0 Å². The lowest BCUT2D eigenvalue weighted by Crippen LogP contribution is -2.46. The quantitative estimate of drug-likeness (QED) is 0.821. The van der Waals surface area contributed by atoms with Crippen molar-refractivity contribution in [1.29, 1.82) is 0 Å². The minimum absolute atomic E-state index is 0.121. The maximum Gasteiger partial charge on any atom is 0.225 e. The molecule has 4 nitrogen and oxygen atoms in total. The number of carbonyl (C=O) groups is 1. The van der Waals surface area contributed by atoms with Gasteiger partial charge in [0.25, 0.3) is 0 Å². The number of rotatable bonds is 5. The number of hydrogen-bond donors (Lipinski definition) is 1. The summed E-state index contributed by atoms with van der Waals surface area (Å²) in [7, 11) is 6.05. The van der Waals surface area contributed by atoms with Crippen molar-refractivity contribution in [2.75, 3.05) is 34.2 Å². The van der Waals surface area contributed by atoms with Crippen LogP contribution in [-0.2, 0) is 4.79 Å². The van der Waals surface area contributed by atoms with Crippen molar-refractivity contribution in [3.05, 3.63) is 0 Å². The second-order valence-electron chi connectivity index (χ2n) is 6.61. The molecule has 0 aromatic rings. The molecular formula is C15H31N3O. The van der Waals surface area contributed by atoms with E-state index in [1.54, 1.807) is 0 Å². The minimum atomic E-state index is 0.121. The third kappa shape index (κ3) is 4.77. The third-order valence-electron chi connectivity index (χ3n) is 4.48. The number of hydrogen-bond acceptors (Lipinski definition) is 3. The van der Waals surface area contributed by atoms with E-state index in [0.29, 0.717) is 11.8 Å². The van der Waals surface area contributed by atoms with Gasteiger partial charge < -0.3 is 15.5 Å². The Bertz CT molecular complexity index is 293. The Hall–Kier alpha value is -0.610. The molecule has 0 aromatic carbocycles. The lowest BCUT2D eigenvalue weighted by Gasteiger charge is -2.37. The van der Waals surface area contributed by atoms with Gasteiger partial charge in [-0.15, -0.1) is 0 Å². The smallest absolute Gasteiger partial charge is 0.225 e. The molecule has 0 heterocycles. The van der Waals surface area contributed by atoms with Crippen LogP contribution in [0.5, 0.6) is 0 Å². The van der Waals surface area contributed by atoms with Crippen LogP contribution in [0.2, 0.25) is 0 Å². The van der Waals surface area contributed by atoms with Gasteiger partial charge in [-0.25, -0.2) is 0 Å². The molecule has 0 saturated heterocycles. The second-order valence-corrected chi connectivity index (χ2v) is 6.61. The van der Waals surface area contributed by atoms with E-state index in [4.69, 9.17) is 5.73 Å². The zero-order valence-electron chi connectivity index (χ0n) is 13.2. The molecule has 1 aliphatic rings. The Balaban J connectivity index is 2.47. The molecule has 0 aromatic heterocycles. The van der Waals surface area contributed by atoms with Gasteiger partial charge in [0.05, 0.1) is 0 Å². The zero-order valence-corrected chi connectivity index (χ0v) is 13.2. The summed E-state index contributed by atoms with van der Waals surface area (Å²) in [6.07, 6.45) is 2.95. The van der Waals surface area contributed by atoms with Crippen molar-refractivity contribution in [3.63, 3.8) is 0 Å². The minimum Gasteiger partial charge on any atom is -0.345 e. The van der Waals surface area contributed by atoms with Gasteiger partial charge >= 0.3 is 0 Å². The third-order valence-corrected chi connectivity index (χ3v) is 4.48. The highest BCUT2D eigenvalue weighted by Crippen LogP contribution is 2.33. The van der Waals surface area contributed by atoms with Gasteiger partial charge in [-0.1, -0.05) is 13.8 Å². The van der Waals surface area contributed by atoms with Crippen LogP contribution in [0, 0.1) is 17.8 Å². The summed E-state index contributed by atoms with van der Waals surface area (Å²) in [5.41, 5.74) is 6.13. The molecule has 1 rings (SSSR count). The lowest BCUT2D eigenvalue weighted by molar-refractivity contribution is -0.137. The van der Waals surface area contributed by atoms with Crippen molar-refractivity contribution in [3.8, 4) is 0 Å². The fraction of sp³-hybridized carbons (Fsp3) is 0.933. The Labute approximate surface area is 118 Å². The van der Waals surface area contributed by atoms with E-state index >= 15 is 0 Å². The molecule has 19 heavy (non-hydrogen) atoms. The van der Waals surface area contributed by atoms with Crippen molar-refractivity contribution >= 4 is 5.91 Å². The topological polar surface area (TPSA) is 49.6 Å². The van der Waals surface area contributed by atoms with Crippen molar-refractivity contribution < 1.29 is 4.79 Å². The fourth-order valence-electron chi connectivity index (χ4n) is 3.04. The first-order chi connectivity index (χ1) is 8.82. The summed E-state index contributed by atoms with van der Waals surface area (Å²) in [5.74, 6) is 1.40. The maximum absolute atomic E-state index is 12.5. The number of amides is 1. The summed E-state index contributed by atoms with van der Waals surface area (Å²) in [4.78, 5) is 16.5. The van der Waals surface area contributed by atoms with Crippen LogP contribution in [0.3, 0.4) is 0 Å². The highest BCUT2D eigenvalue weighted by atomic mass is 16.2. The second kappa shape index (κ2) is 7.25. The first-order valence-electron chi connectivity index (χ1n) is 7.48. The SMILES string of the molecule is CC1CC(C)C(C(=O)N(C)CCCN(C)C)CC1N. The van der Waals surface area contributed by atoms with Gasteiger partial charge in [0.15, 0.2) is 0 Å². The highest BCUT2D eigenvalue weighted by molar-refractivity contribution is 5.79. The molecular weight excluding hydrogens is 238 g/mol. The van der Waals surface area contributed by atoms with Crippen LogP contribution in [0.15, 0.2) is 0 Å². The van der Waals surface area contributed by atoms with Crippen LogP contribution in [-0.4, -0.2) is 56.0 Å². The summed E-state index contributed by atoms with van der Waals surface area (Å²) >= 11 is 0. The molecule has 0 aliphatic heterocycles. The Kier molecular flexibility index (Phi) is 6.27. The number of nitrogens with zero attached hydrogens (tertiary/aromatic N) is 2. The van der Waals surface area contributed by atoms with Gasteiger partial charge in [-0.3, -0.25) is 4.79 Å². The molecule has 0 radical (unpaired) electrons. The molecule has 1 amide bonds. The zero-order chi connectivity index (χ0) is 14.6. The van der Waals surface area contributed by atoms with Gasteiger partial charge in [0.2, 0.25) is 5.91 Å². The number of carbonyl (C=O) groups excluding carboxylic acids is 1. The predicted molar refractivity (Wildman–Crippen MR) is 79.8 cm³/mol. The summed E-state index contributed by atoms with van der Waals surface area (Å²) in [6, 6.07) is 0.181. The van der Waals surface area contributed by atoms with Gasteiger partial charge in [-0.05, 0) is 51.7 Å². The Morgan fingerprint density at radius 2 is 1.74 bits per heavy atom. The molecule has 0 spiro atoms. The van der Waals surface area contributed by atoms with Crippen molar-refractivity contribution in [1.82, 2.24) is 9.80 Å². The molecule has 4 heteroatoms. The summed E-state index contributed by atoms with van der Waals surface area (Å²) in [5, 5.41) is 0. The first kappa shape index (κ1) is 16.4. The van der Waals surface area contributed by atoms with Crippen LogP contribution in [0.4, 0.5) is 0 Å². The summed E-state index contributed by atoms with van der Waals surface area (Å²) in [6.45, 7) is 6.25. The van der Waals surface area contributed by atoms with Crippen LogP contribution in [0.25, 0.3) is 0 Å². The Morgan fingerprint density at radius 3 is 2.32 bits per heavy atom. The molecule has 4 unspecified atom stereocenters. The monoisotopic (exact) mass is 269 g/mol. The van der Waals surface area contributed by atoms with E-state index < -0.39 is 0 Å². The van der Waals surface area contributed by atoms with E-state index in [2.05, 4.69) is 32.8 Å². The molecule has 1 fully saturated rings. The normalized spacial score (nSPS) is 31.5. The molecule has 2 N–H and O–H groups in total. The maximum atomic E-state index is 12.5. The van der Waals surface area contributed by atoms with Crippen molar-refractivity contribution in [2.24, 2.45) is 23.5 Å². The fourth-order valence-corrected chi connectivity index (χ4v) is 3.04. The molecule has 1 saturated carbocycles. The largest absolute Gasteiger partial charge is 0.345 e. The average Bonchev–Trinajstić information content (AvgIpc) is 2.32. The van der Waals surface area contributed by atoms with Gasteiger partial charge in [0, 0.05) is 25.6 Å². The summed E-state index contributed by atoms with van der Waals surface area (Å²) < 4.78 is 0. The van der Waals surface area contributed by atoms with Crippen LogP contribution in [0.1, 0.15) is 33.1 Å². The van der Waals surface area contributed by atoms with Crippen LogP contribution >= 0.6 is 0 Å². The first-order valence-corrected chi connectivity index (χ1v) is 7.48. The average molecular weight is 269 g/mol.